The number of rotatable bonds is 1. The molecule has 74 valence electrons. The van der Waals surface area contributed by atoms with Gasteiger partial charge >= 0.3 is 5.16 Å². The first-order valence-corrected chi connectivity index (χ1v) is 6.64. The molecule has 4 nitrogen and oxygen atoms in total. The average Bonchev–Trinajstić information content (AvgIpc) is 2.59. The first kappa shape index (κ1) is 10.5. The molecule has 0 fully saturated rings. The summed E-state index contributed by atoms with van der Waals surface area (Å²) in [6.07, 6.45) is 4.91. The maximum atomic E-state index is 11.4. The molecule has 1 atom stereocenters. The van der Waals surface area contributed by atoms with Crippen molar-refractivity contribution in [3.63, 3.8) is 0 Å². The number of halogens is 2. The minimum Gasteiger partial charge on any atom is -0.609 e. The monoisotopic (exact) mass is 341 g/mol. The van der Waals surface area contributed by atoms with Gasteiger partial charge in [-0.05, 0) is 22.6 Å². The first-order valence-electron chi connectivity index (χ1n) is 3.62. The second-order valence-electron chi connectivity index (χ2n) is 2.57. The minimum absolute atomic E-state index is 0.342. The van der Waals surface area contributed by atoms with Crippen molar-refractivity contribution in [1.29, 1.82) is 0 Å². The molecular formula is C7H5ClIN3OS. The van der Waals surface area contributed by atoms with E-state index >= 15 is 0 Å². The molecule has 0 N–H and O–H groups in total. The van der Waals surface area contributed by atoms with Gasteiger partial charge in [-0.2, -0.15) is 4.98 Å². The number of fused-ring (bicyclic) bond motifs is 1. The Labute approximate surface area is 102 Å². The van der Waals surface area contributed by atoms with Crippen LogP contribution < -0.4 is 0 Å². The topological polar surface area (TPSA) is 53.2 Å². The normalized spacial score (nSPS) is 13.4. The van der Waals surface area contributed by atoms with Gasteiger partial charge in [0.2, 0.25) is 0 Å². The lowest BCUT2D eigenvalue weighted by Gasteiger charge is -2.06. The Morgan fingerprint density at radius 2 is 2.36 bits per heavy atom. The Morgan fingerprint density at radius 3 is 3.00 bits per heavy atom. The van der Waals surface area contributed by atoms with Crippen LogP contribution in [0.4, 0.5) is 0 Å². The minimum atomic E-state index is -1.18. The van der Waals surface area contributed by atoms with Crippen molar-refractivity contribution in [3.05, 3.63) is 21.1 Å². The third kappa shape index (κ3) is 1.60. The highest BCUT2D eigenvalue weighted by Crippen LogP contribution is 2.22. The zero-order chi connectivity index (χ0) is 10.3. The first-order chi connectivity index (χ1) is 6.61. The van der Waals surface area contributed by atoms with Crippen molar-refractivity contribution in [2.75, 3.05) is 6.26 Å². The molecular weight excluding hydrogens is 337 g/mol. The fraction of sp³-hybridized carbons (Fsp3) is 0.143. The van der Waals surface area contributed by atoms with Crippen LogP contribution in [0, 0.1) is 3.57 Å². The van der Waals surface area contributed by atoms with Gasteiger partial charge in [-0.25, -0.2) is 9.38 Å². The van der Waals surface area contributed by atoms with Gasteiger partial charge in [0, 0.05) is 23.6 Å². The van der Waals surface area contributed by atoms with E-state index in [1.54, 1.807) is 23.1 Å². The molecule has 2 heterocycles. The van der Waals surface area contributed by atoms with E-state index in [0.29, 0.717) is 16.0 Å². The van der Waals surface area contributed by atoms with Gasteiger partial charge in [0.25, 0.3) is 0 Å². The summed E-state index contributed by atoms with van der Waals surface area (Å²) in [5, 5.41) is 0.761. The zero-order valence-electron chi connectivity index (χ0n) is 7.07. The maximum absolute atomic E-state index is 11.4. The lowest BCUT2D eigenvalue weighted by molar-refractivity contribution is 0.589. The molecule has 2 aromatic heterocycles. The number of imidazole rings is 1. The largest absolute Gasteiger partial charge is 0.609 e. The van der Waals surface area contributed by atoms with Crippen molar-refractivity contribution >= 4 is 51.0 Å². The molecule has 7 heteroatoms. The molecule has 2 rings (SSSR count). The van der Waals surface area contributed by atoms with E-state index in [2.05, 4.69) is 32.6 Å². The molecule has 1 unspecified atom stereocenters. The fourth-order valence-corrected chi connectivity index (χ4v) is 2.48. The van der Waals surface area contributed by atoms with Crippen molar-refractivity contribution in [2.45, 2.75) is 5.16 Å². The highest BCUT2D eigenvalue weighted by molar-refractivity contribution is 14.1. The van der Waals surface area contributed by atoms with Gasteiger partial charge in [0.05, 0.1) is 3.57 Å². The molecule has 0 radical (unpaired) electrons. The molecule has 0 spiro atoms. The predicted octanol–water partition coefficient (Wildman–Crippen LogP) is 1.72. The molecule has 0 saturated carbocycles. The molecule has 0 amide bonds. The van der Waals surface area contributed by atoms with Crippen LogP contribution in [-0.2, 0) is 11.2 Å². The quantitative estimate of drug-likeness (QED) is 0.343. The summed E-state index contributed by atoms with van der Waals surface area (Å²) in [5.74, 6) is 0. The molecule has 0 aliphatic carbocycles. The van der Waals surface area contributed by atoms with Crippen LogP contribution in [0.25, 0.3) is 5.65 Å². The van der Waals surface area contributed by atoms with E-state index in [1.165, 1.54) is 0 Å². The summed E-state index contributed by atoms with van der Waals surface area (Å²) in [5.41, 5.74) is 0.691. The lowest BCUT2D eigenvalue weighted by Crippen LogP contribution is -2.09. The summed E-state index contributed by atoms with van der Waals surface area (Å²) in [6.45, 7) is 0. The second-order valence-corrected chi connectivity index (χ2v) is 5.28. The Morgan fingerprint density at radius 1 is 1.64 bits per heavy atom. The SMILES string of the molecule is C[S+]([O-])c1nc(Cl)c(I)c2nccn12. The average molecular weight is 342 g/mol. The van der Waals surface area contributed by atoms with Crippen molar-refractivity contribution in [3.8, 4) is 0 Å². The van der Waals surface area contributed by atoms with Gasteiger partial charge in [0.1, 0.15) is 6.26 Å². The zero-order valence-corrected chi connectivity index (χ0v) is 10.8. The Kier molecular flexibility index (Phi) is 2.87. The number of hydrogen-bond acceptors (Lipinski definition) is 3. The highest BCUT2D eigenvalue weighted by Gasteiger charge is 2.17. The number of aromatic nitrogens is 3. The van der Waals surface area contributed by atoms with Crippen molar-refractivity contribution in [2.24, 2.45) is 0 Å². The van der Waals surface area contributed by atoms with Gasteiger partial charge < -0.3 is 4.55 Å². The predicted molar refractivity (Wildman–Crippen MR) is 63.0 cm³/mol. The summed E-state index contributed by atoms with van der Waals surface area (Å²) in [6, 6.07) is 0. The van der Waals surface area contributed by atoms with Crippen LogP contribution in [0.2, 0.25) is 5.15 Å². The standard InChI is InChI=1S/C7H5ClIN3OS/c1-14(13)7-11-5(8)4(9)6-10-2-3-12(6)7/h2-3H,1H3. The Bertz CT molecular complexity index is 487. The molecule has 0 saturated heterocycles. The fourth-order valence-electron chi connectivity index (χ4n) is 1.10. The van der Waals surface area contributed by atoms with Crippen LogP contribution in [0.5, 0.6) is 0 Å². The Hall–Kier alpha value is -0.0500. The summed E-state index contributed by atoms with van der Waals surface area (Å²) < 4.78 is 13.8. The van der Waals surface area contributed by atoms with E-state index in [-0.39, 0.29) is 0 Å². The molecule has 0 bridgehead atoms. The molecule has 2 aromatic rings. The van der Waals surface area contributed by atoms with E-state index < -0.39 is 11.2 Å². The van der Waals surface area contributed by atoms with Crippen LogP contribution >= 0.6 is 34.2 Å². The molecule has 0 aliphatic rings. The van der Waals surface area contributed by atoms with Crippen LogP contribution in [-0.4, -0.2) is 25.2 Å². The van der Waals surface area contributed by atoms with Crippen molar-refractivity contribution in [1.82, 2.24) is 14.4 Å². The molecule has 0 aliphatic heterocycles. The van der Waals surface area contributed by atoms with E-state index in [1.807, 2.05) is 0 Å². The Balaban J connectivity index is 2.84. The summed E-state index contributed by atoms with van der Waals surface area (Å²) in [4.78, 5) is 8.17. The van der Waals surface area contributed by atoms with E-state index in [0.717, 1.165) is 3.57 Å². The van der Waals surface area contributed by atoms with Crippen molar-refractivity contribution < 1.29 is 4.55 Å². The van der Waals surface area contributed by atoms with E-state index in [4.69, 9.17) is 11.6 Å². The van der Waals surface area contributed by atoms with Crippen LogP contribution in [0.15, 0.2) is 17.6 Å². The van der Waals surface area contributed by atoms with E-state index in [9.17, 15) is 4.55 Å². The molecule has 0 aromatic carbocycles. The molecule has 14 heavy (non-hydrogen) atoms. The third-order valence-electron chi connectivity index (χ3n) is 1.68. The number of hydrogen-bond donors (Lipinski definition) is 0. The number of nitrogens with zero attached hydrogens (tertiary/aromatic N) is 3. The summed E-state index contributed by atoms with van der Waals surface area (Å²) >= 11 is 6.77. The smallest absolute Gasteiger partial charge is 0.330 e. The lowest BCUT2D eigenvalue weighted by atomic mass is 10.6. The second kappa shape index (κ2) is 3.84. The van der Waals surface area contributed by atoms with Crippen LogP contribution in [0.1, 0.15) is 0 Å². The van der Waals surface area contributed by atoms with Gasteiger partial charge in [-0.3, -0.25) is 0 Å². The van der Waals surface area contributed by atoms with Gasteiger partial charge in [0.15, 0.2) is 10.8 Å². The summed E-state index contributed by atoms with van der Waals surface area (Å²) in [7, 11) is 0. The van der Waals surface area contributed by atoms with Gasteiger partial charge in [-0.1, -0.05) is 11.6 Å². The van der Waals surface area contributed by atoms with Gasteiger partial charge in [-0.15, -0.1) is 0 Å². The third-order valence-corrected chi connectivity index (χ3v) is 4.06. The maximum Gasteiger partial charge on any atom is 0.330 e. The highest BCUT2D eigenvalue weighted by atomic mass is 127. The van der Waals surface area contributed by atoms with Crippen LogP contribution in [0.3, 0.4) is 0 Å².